The Hall–Kier alpha value is -3.66. The minimum Gasteiger partial charge on any atom is -0.497 e. The predicted octanol–water partition coefficient (Wildman–Crippen LogP) is 2.59. The van der Waals surface area contributed by atoms with Gasteiger partial charge in [0, 0.05) is 24.2 Å². The first-order valence-corrected chi connectivity index (χ1v) is 10.7. The van der Waals surface area contributed by atoms with Crippen LogP contribution in [-0.4, -0.2) is 51.0 Å². The maximum atomic E-state index is 12.8. The molecular formula is C20H18N6O3S. The van der Waals surface area contributed by atoms with Gasteiger partial charge in [-0.2, -0.15) is 0 Å². The van der Waals surface area contributed by atoms with Gasteiger partial charge in [-0.05, 0) is 36.4 Å². The third-order valence-corrected chi connectivity index (χ3v) is 6.17. The molecule has 0 N–H and O–H groups in total. The largest absolute Gasteiger partial charge is 0.497 e. The highest BCUT2D eigenvalue weighted by atomic mass is 32.2. The Kier molecular flexibility index (Phi) is 5.23. The van der Waals surface area contributed by atoms with Gasteiger partial charge in [-0.25, -0.2) is 28.1 Å². The summed E-state index contributed by atoms with van der Waals surface area (Å²) < 4.78 is 32.2. The monoisotopic (exact) mass is 422 g/mol. The fourth-order valence-corrected chi connectivity index (χ4v) is 3.86. The van der Waals surface area contributed by atoms with E-state index in [1.165, 1.54) is 18.6 Å². The van der Waals surface area contributed by atoms with Crippen molar-refractivity contribution in [2.24, 2.45) is 0 Å². The molecule has 0 aliphatic carbocycles. The van der Waals surface area contributed by atoms with Crippen molar-refractivity contribution in [3.05, 3.63) is 61.3 Å². The summed E-state index contributed by atoms with van der Waals surface area (Å²) in [7, 11) is -2.00. The average Bonchev–Trinajstić information content (AvgIpc) is 3.29. The van der Waals surface area contributed by atoms with E-state index in [1.807, 2.05) is 12.1 Å². The zero-order valence-corrected chi connectivity index (χ0v) is 17.1. The van der Waals surface area contributed by atoms with Crippen LogP contribution in [0.5, 0.6) is 5.75 Å². The summed E-state index contributed by atoms with van der Waals surface area (Å²) in [6.07, 6.45) is 6.20. The maximum Gasteiger partial charge on any atom is 0.201 e. The second-order valence-electron chi connectivity index (χ2n) is 6.26. The Bertz CT molecular complexity index is 1270. The highest BCUT2D eigenvalue weighted by Gasteiger charge is 2.23. The molecule has 3 aromatic heterocycles. The lowest BCUT2D eigenvalue weighted by atomic mass is 10.2. The summed E-state index contributed by atoms with van der Waals surface area (Å²) >= 11 is 0. The molecule has 3 heterocycles. The number of hydrogen-bond acceptors (Lipinski definition) is 8. The number of pyridine rings is 1. The molecule has 0 bridgehead atoms. The average molecular weight is 422 g/mol. The van der Waals surface area contributed by atoms with Crippen molar-refractivity contribution in [2.75, 3.05) is 12.9 Å². The van der Waals surface area contributed by atoms with Crippen molar-refractivity contribution in [1.82, 2.24) is 29.7 Å². The van der Waals surface area contributed by atoms with Crippen LogP contribution >= 0.6 is 0 Å². The van der Waals surface area contributed by atoms with Crippen LogP contribution < -0.4 is 4.74 Å². The van der Waals surface area contributed by atoms with Gasteiger partial charge in [-0.15, -0.1) is 5.10 Å². The third-order valence-electron chi connectivity index (χ3n) is 4.43. The first kappa shape index (κ1) is 19.6. The number of hydrogen-bond donors (Lipinski definition) is 0. The SMILES string of the molecule is CCS(=O)(=O)c1cc(-c2ncccn2)cnc1-c1ncn(-c2ccc(OC)cc2)n1. The molecule has 0 saturated heterocycles. The van der Waals surface area contributed by atoms with Crippen molar-refractivity contribution in [2.45, 2.75) is 11.8 Å². The zero-order valence-electron chi connectivity index (χ0n) is 16.3. The van der Waals surface area contributed by atoms with Crippen molar-refractivity contribution >= 4 is 9.84 Å². The highest BCUT2D eigenvalue weighted by Crippen LogP contribution is 2.28. The lowest BCUT2D eigenvalue weighted by Gasteiger charge is -2.08. The van der Waals surface area contributed by atoms with E-state index in [0.29, 0.717) is 11.4 Å². The number of benzene rings is 1. The molecule has 0 spiro atoms. The van der Waals surface area contributed by atoms with Crippen LogP contribution in [0.25, 0.3) is 28.6 Å². The molecule has 0 unspecified atom stereocenters. The van der Waals surface area contributed by atoms with Crippen LogP contribution in [0, 0.1) is 0 Å². The van der Waals surface area contributed by atoms with Gasteiger partial charge in [0.1, 0.15) is 17.8 Å². The number of rotatable bonds is 6. The molecule has 0 saturated carbocycles. The van der Waals surface area contributed by atoms with Crippen LogP contribution in [0.2, 0.25) is 0 Å². The van der Waals surface area contributed by atoms with Crippen LogP contribution in [-0.2, 0) is 9.84 Å². The molecule has 0 aliphatic rings. The van der Waals surface area contributed by atoms with E-state index in [0.717, 1.165) is 11.4 Å². The fraction of sp³-hybridized carbons (Fsp3) is 0.150. The van der Waals surface area contributed by atoms with Gasteiger partial charge in [-0.1, -0.05) is 6.92 Å². The molecule has 0 aliphatic heterocycles. The molecule has 0 radical (unpaired) electrons. The summed E-state index contributed by atoms with van der Waals surface area (Å²) in [5.74, 6) is 1.23. The standard InChI is InChI=1S/C20H18N6O3S/c1-3-30(27,28)17-11-14(19-21-9-4-10-22-19)12-23-18(17)20-24-13-26(25-20)15-5-7-16(29-2)8-6-15/h4-13H,3H2,1-2H3. The lowest BCUT2D eigenvalue weighted by Crippen LogP contribution is -2.08. The number of ether oxygens (including phenoxy) is 1. The van der Waals surface area contributed by atoms with E-state index in [2.05, 4.69) is 25.0 Å². The molecule has 9 nitrogen and oxygen atoms in total. The summed E-state index contributed by atoms with van der Waals surface area (Å²) in [4.78, 5) is 17.0. The molecule has 152 valence electrons. The summed E-state index contributed by atoms with van der Waals surface area (Å²) in [6, 6.07) is 10.5. The van der Waals surface area contributed by atoms with E-state index in [4.69, 9.17) is 4.74 Å². The second-order valence-corrected chi connectivity index (χ2v) is 8.50. The fourth-order valence-electron chi connectivity index (χ4n) is 2.81. The van der Waals surface area contributed by atoms with Crippen LogP contribution in [0.15, 0.2) is 66.2 Å². The Balaban J connectivity index is 1.79. The van der Waals surface area contributed by atoms with Gasteiger partial charge in [0.15, 0.2) is 15.7 Å². The molecule has 0 atom stereocenters. The van der Waals surface area contributed by atoms with Gasteiger partial charge in [0.25, 0.3) is 0 Å². The van der Waals surface area contributed by atoms with E-state index in [-0.39, 0.29) is 22.2 Å². The highest BCUT2D eigenvalue weighted by molar-refractivity contribution is 7.91. The molecular weight excluding hydrogens is 404 g/mol. The number of sulfone groups is 1. The minimum atomic E-state index is -3.60. The smallest absolute Gasteiger partial charge is 0.201 e. The van der Waals surface area contributed by atoms with Gasteiger partial charge >= 0.3 is 0 Å². The van der Waals surface area contributed by atoms with Gasteiger partial charge < -0.3 is 4.74 Å². The number of nitrogens with zero attached hydrogens (tertiary/aromatic N) is 6. The van der Waals surface area contributed by atoms with E-state index in [1.54, 1.807) is 49.3 Å². The molecule has 1 aromatic carbocycles. The summed E-state index contributed by atoms with van der Waals surface area (Å²) in [5, 5.41) is 4.42. The molecule has 0 amide bonds. The van der Waals surface area contributed by atoms with Crippen molar-refractivity contribution in [3.63, 3.8) is 0 Å². The van der Waals surface area contributed by atoms with Crippen LogP contribution in [0.1, 0.15) is 6.92 Å². The zero-order chi connectivity index (χ0) is 21.1. The molecule has 0 fully saturated rings. The summed E-state index contributed by atoms with van der Waals surface area (Å²) in [5.41, 5.74) is 1.44. The molecule has 30 heavy (non-hydrogen) atoms. The van der Waals surface area contributed by atoms with E-state index in [9.17, 15) is 8.42 Å². The van der Waals surface area contributed by atoms with Crippen LogP contribution in [0.3, 0.4) is 0 Å². The van der Waals surface area contributed by atoms with Crippen molar-refractivity contribution < 1.29 is 13.2 Å². The quantitative estimate of drug-likeness (QED) is 0.466. The van der Waals surface area contributed by atoms with Crippen molar-refractivity contribution in [3.8, 4) is 34.3 Å². The predicted molar refractivity (Wildman–Crippen MR) is 110 cm³/mol. The van der Waals surface area contributed by atoms with Crippen molar-refractivity contribution in [1.29, 1.82) is 0 Å². The molecule has 4 aromatic rings. The maximum absolute atomic E-state index is 12.8. The Morgan fingerprint density at radius 2 is 1.73 bits per heavy atom. The first-order chi connectivity index (χ1) is 14.5. The lowest BCUT2D eigenvalue weighted by molar-refractivity contribution is 0.414. The van der Waals surface area contributed by atoms with Gasteiger partial charge in [0.2, 0.25) is 5.82 Å². The number of aromatic nitrogens is 6. The Morgan fingerprint density at radius 1 is 1.00 bits per heavy atom. The van der Waals surface area contributed by atoms with Gasteiger partial charge in [0.05, 0.1) is 23.4 Å². The van der Waals surface area contributed by atoms with E-state index < -0.39 is 9.84 Å². The Labute approximate surface area is 173 Å². The second kappa shape index (κ2) is 7.99. The topological polar surface area (TPSA) is 113 Å². The minimum absolute atomic E-state index is 0.0439. The van der Waals surface area contributed by atoms with Gasteiger partial charge in [-0.3, -0.25) is 4.98 Å². The Morgan fingerprint density at radius 3 is 2.40 bits per heavy atom. The molecule has 4 rings (SSSR count). The normalized spacial score (nSPS) is 11.4. The third kappa shape index (κ3) is 3.77. The first-order valence-electron chi connectivity index (χ1n) is 9.08. The molecule has 10 heteroatoms. The van der Waals surface area contributed by atoms with Crippen LogP contribution in [0.4, 0.5) is 0 Å². The van der Waals surface area contributed by atoms with E-state index >= 15 is 0 Å². The number of methoxy groups -OCH3 is 1. The summed E-state index contributed by atoms with van der Waals surface area (Å²) in [6.45, 7) is 1.58.